The van der Waals surface area contributed by atoms with Crippen molar-refractivity contribution in [3.63, 3.8) is 0 Å². The summed E-state index contributed by atoms with van der Waals surface area (Å²) in [5.74, 6) is 0.321. The highest BCUT2D eigenvalue weighted by atomic mass is 16.4. The maximum Gasteiger partial charge on any atom is 0.139 e. The first kappa shape index (κ1) is 15.2. The van der Waals surface area contributed by atoms with Crippen molar-refractivity contribution in [1.82, 2.24) is 5.32 Å². The molecule has 4 N–H and O–H groups in total. The fourth-order valence-corrected chi connectivity index (χ4v) is 1.60. The molecule has 4 heteroatoms. The number of oxime groups is 1. The van der Waals surface area contributed by atoms with Crippen molar-refractivity contribution < 1.29 is 5.21 Å². The second kappa shape index (κ2) is 12.3. The van der Waals surface area contributed by atoms with Gasteiger partial charge in [0.1, 0.15) is 5.84 Å². The average molecular weight is 229 g/mol. The van der Waals surface area contributed by atoms with Gasteiger partial charge in [0.05, 0.1) is 0 Å². The number of hydrogen-bond acceptors (Lipinski definition) is 3. The van der Waals surface area contributed by atoms with Crippen LogP contribution in [0.25, 0.3) is 0 Å². The summed E-state index contributed by atoms with van der Waals surface area (Å²) in [6.45, 7) is 4.27. The van der Waals surface area contributed by atoms with Crippen LogP contribution in [0.15, 0.2) is 5.16 Å². The molecular formula is C12H27N3O. The number of hydrogen-bond donors (Lipinski definition) is 3. The lowest BCUT2D eigenvalue weighted by Gasteiger charge is -2.04. The van der Waals surface area contributed by atoms with Gasteiger partial charge in [0.2, 0.25) is 0 Å². The van der Waals surface area contributed by atoms with Crippen LogP contribution in [0, 0.1) is 0 Å². The molecular weight excluding hydrogens is 202 g/mol. The SMILES string of the molecule is CCCCCCCCNCCCC(N)=NO. The molecule has 0 unspecified atom stereocenters. The number of rotatable bonds is 11. The van der Waals surface area contributed by atoms with E-state index in [1.54, 1.807) is 0 Å². The van der Waals surface area contributed by atoms with Crippen molar-refractivity contribution in [2.45, 2.75) is 58.3 Å². The molecule has 0 amide bonds. The van der Waals surface area contributed by atoms with Gasteiger partial charge >= 0.3 is 0 Å². The van der Waals surface area contributed by atoms with Gasteiger partial charge in [-0.05, 0) is 25.9 Å². The predicted molar refractivity (Wildman–Crippen MR) is 68.9 cm³/mol. The quantitative estimate of drug-likeness (QED) is 0.167. The van der Waals surface area contributed by atoms with Crippen molar-refractivity contribution >= 4 is 5.84 Å². The third kappa shape index (κ3) is 11.3. The summed E-state index contributed by atoms with van der Waals surface area (Å²) in [5, 5.41) is 14.6. The van der Waals surface area contributed by atoms with E-state index in [1.165, 1.54) is 38.5 Å². The van der Waals surface area contributed by atoms with Crippen LogP contribution < -0.4 is 11.1 Å². The molecule has 0 aliphatic heterocycles. The Balaban J connectivity index is 2.99. The van der Waals surface area contributed by atoms with E-state index < -0.39 is 0 Å². The molecule has 0 atom stereocenters. The van der Waals surface area contributed by atoms with E-state index in [0.717, 1.165) is 19.5 Å². The number of nitrogens with two attached hydrogens (primary N) is 1. The van der Waals surface area contributed by atoms with Crippen molar-refractivity contribution in [2.75, 3.05) is 13.1 Å². The molecule has 0 aromatic carbocycles. The minimum absolute atomic E-state index is 0.321. The summed E-state index contributed by atoms with van der Waals surface area (Å²) in [6, 6.07) is 0. The number of nitrogens with zero attached hydrogens (tertiary/aromatic N) is 1. The third-order valence-electron chi connectivity index (χ3n) is 2.62. The van der Waals surface area contributed by atoms with Gasteiger partial charge in [-0.1, -0.05) is 44.2 Å². The maximum absolute atomic E-state index is 8.32. The molecule has 0 radical (unpaired) electrons. The highest BCUT2D eigenvalue weighted by Crippen LogP contribution is 2.03. The van der Waals surface area contributed by atoms with Crippen LogP contribution in [-0.2, 0) is 0 Å². The molecule has 0 bridgehead atoms. The zero-order valence-electron chi connectivity index (χ0n) is 10.5. The van der Waals surface area contributed by atoms with Crippen LogP contribution in [0.1, 0.15) is 58.3 Å². The Morgan fingerprint density at radius 2 is 1.69 bits per heavy atom. The van der Waals surface area contributed by atoms with Crippen LogP contribution >= 0.6 is 0 Å². The molecule has 0 aromatic rings. The Labute approximate surface area is 99.3 Å². The average Bonchev–Trinajstić information content (AvgIpc) is 2.31. The van der Waals surface area contributed by atoms with Crippen molar-refractivity contribution in [2.24, 2.45) is 10.9 Å². The van der Waals surface area contributed by atoms with Gasteiger partial charge in [0, 0.05) is 6.42 Å². The fourth-order valence-electron chi connectivity index (χ4n) is 1.60. The molecule has 0 saturated carbocycles. The Hall–Kier alpha value is -0.770. The second-order valence-electron chi connectivity index (χ2n) is 4.21. The molecule has 0 aliphatic carbocycles. The molecule has 0 heterocycles. The summed E-state index contributed by atoms with van der Waals surface area (Å²) >= 11 is 0. The lowest BCUT2D eigenvalue weighted by Crippen LogP contribution is -2.19. The Kier molecular flexibility index (Phi) is 11.7. The van der Waals surface area contributed by atoms with Crippen molar-refractivity contribution in [3.8, 4) is 0 Å². The minimum Gasteiger partial charge on any atom is -0.409 e. The van der Waals surface area contributed by atoms with Gasteiger partial charge in [-0.15, -0.1) is 0 Å². The summed E-state index contributed by atoms with van der Waals surface area (Å²) in [5.41, 5.74) is 5.35. The zero-order valence-corrected chi connectivity index (χ0v) is 10.5. The maximum atomic E-state index is 8.32. The van der Waals surface area contributed by atoms with Gasteiger partial charge in [0.25, 0.3) is 0 Å². The minimum atomic E-state index is 0.321. The topological polar surface area (TPSA) is 70.6 Å². The van der Waals surface area contributed by atoms with E-state index in [9.17, 15) is 0 Å². The molecule has 4 nitrogen and oxygen atoms in total. The van der Waals surface area contributed by atoms with Crippen LogP contribution in [0.4, 0.5) is 0 Å². The van der Waals surface area contributed by atoms with Gasteiger partial charge in [-0.3, -0.25) is 0 Å². The first-order valence-corrected chi connectivity index (χ1v) is 6.48. The Morgan fingerprint density at radius 1 is 1.06 bits per heavy atom. The van der Waals surface area contributed by atoms with Crippen LogP contribution in [-0.4, -0.2) is 24.1 Å². The van der Waals surface area contributed by atoms with E-state index in [1.807, 2.05) is 0 Å². The van der Waals surface area contributed by atoms with Gasteiger partial charge in [-0.2, -0.15) is 0 Å². The van der Waals surface area contributed by atoms with Gasteiger partial charge < -0.3 is 16.3 Å². The molecule has 16 heavy (non-hydrogen) atoms. The van der Waals surface area contributed by atoms with Gasteiger partial charge in [0.15, 0.2) is 0 Å². The van der Waals surface area contributed by atoms with E-state index in [4.69, 9.17) is 10.9 Å². The molecule has 96 valence electrons. The molecule has 0 aromatic heterocycles. The van der Waals surface area contributed by atoms with Crippen molar-refractivity contribution in [1.29, 1.82) is 0 Å². The zero-order chi connectivity index (χ0) is 12.1. The molecule has 0 saturated heterocycles. The van der Waals surface area contributed by atoms with Crippen LogP contribution in [0.3, 0.4) is 0 Å². The van der Waals surface area contributed by atoms with E-state index >= 15 is 0 Å². The monoisotopic (exact) mass is 229 g/mol. The standard InChI is InChI=1S/C12H27N3O/c1-2-3-4-5-6-7-10-14-11-8-9-12(13)15-16/h14,16H,2-11H2,1H3,(H2,13,15). The smallest absolute Gasteiger partial charge is 0.139 e. The van der Waals surface area contributed by atoms with E-state index in [0.29, 0.717) is 12.3 Å². The second-order valence-corrected chi connectivity index (χ2v) is 4.21. The van der Waals surface area contributed by atoms with Crippen molar-refractivity contribution in [3.05, 3.63) is 0 Å². The number of unbranched alkanes of at least 4 members (excludes halogenated alkanes) is 5. The number of amidine groups is 1. The highest BCUT2D eigenvalue weighted by molar-refractivity contribution is 5.79. The lowest BCUT2D eigenvalue weighted by molar-refractivity contribution is 0.316. The van der Waals surface area contributed by atoms with Gasteiger partial charge in [-0.25, -0.2) is 0 Å². The largest absolute Gasteiger partial charge is 0.409 e. The highest BCUT2D eigenvalue weighted by Gasteiger charge is 1.93. The summed E-state index contributed by atoms with van der Waals surface area (Å²) < 4.78 is 0. The lowest BCUT2D eigenvalue weighted by atomic mass is 10.1. The third-order valence-corrected chi connectivity index (χ3v) is 2.62. The van der Waals surface area contributed by atoms with Crippen LogP contribution in [0.5, 0.6) is 0 Å². The molecule has 0 aliphatic rings. The normalized spacial score (nSPS) is 11.9. The van der Waals surface area contributed by atoms with E-state index in [-0.39, 0.29) is 0 Å². The van der Waals surface area contributed by atoms with E-state index in [2.05, 4.69) is 17.4 Å². The predicted octanol–water partition coefficient (Wildman–Crippen LogP) is 2.46. The summed E-state index contributed by atoms with van der Waals surface area (Å²) in [4.78, 5) is 0. The molecule has 0 rings (SSSR count). The van der Waals surface area contributed by atoms with Crippen LogP contribution in [0.2, 0.25) is 0 Å². The number of nitrogens with one attached hydrogen (secondary N) is 1. The Bertz CT molecular complexity index is 172. The first-order chi connectivity index (χ1) is 7.81. The first-order valence-electron chi connectivity index (χ1n) is 6.48. The summed E-state index contributed by atoms with van der Waals surface area (Å²) in [7, 11) is 0. The Morgan fingerprint density at radius 3 is 2.38 bits per heavy atom. The summed E-state index contributed by atoms with van der Waals surface area (Å²) in [6.07, 6.45) is 9.60. The molecule has 0 spiro atoms. The fraction of sp³-hybridized carbons (Fsp3) is 0.917. The molecule has 0 fully saturated rings.